The van der Waals surface area contributed by atoms with E-state index in [4.69, 9.17) is 14.5 Å². The Morgan fingerprint density at radius 2 is 1.67 bits per heavy atom. The van der Waals surface area contributed by atoms with E-state index >= 15 is 0 Å². The molecule has 36 heavy (non-hydrogen) atoms. The number of carbonyl (C=O) groups excluding carboxylic acids is 2. The quantitative estimate of drug-likeness (QED) is 0.423. The van der Waals surface area contributed by atoms with Gasteiger partial charge >= 0.3 is 11.9 Å². The number of anilines is 1. The zero-order chi connectivity index (χ0) is 26.0. The van der Waals surface area contributed by atoms with E-state index in [1.165, 1.54) is 25.6 Å². The summed E-state index contributed by atoms with van der Waals surface area (Å²) in [6.07, 6.45) is 0. The van der Waals surface area contributed by atoms with E-state index < -0.39 is 23.8 Å². The van der Waals surface area contributed by atoms with Crippen LogP contribution in [0, 0.1) is 5.92 Å². The summed E-state index contributed by atoms with van der Waals surface area (Å²) < 4.78 is 10.2. The van der Waals surface area contributed by atoms with Gasteiger partial charge in [0.05, 0.1) is 25.5 Å². The Hall–Kier alpha value is -3.78. The predicted octanol–water partition coefficient (Wildman–Crippen LogP) is 5.34. The van der Waals surface area contributed by atoms with E-state index in [0.717, 1.165) is 33.1 Å². The summed E-state index contributed by atoms with van der Waals surface area (Å²) in [5.41, 5.74) is 6.10. The number of aliphatic imine (C=N–C) groups is 1. The molecule has 0 aliphatic carbocycles. The van der Waals surface area contributed by atoms with E-state index in [9.17, 15) is 9.59 Å². The first kappa shape index (κ1) is 25.3. The molecule has 7 nitrogen and oxygen atoms in total. The molecule has 0 bridgehead atoms. The lowest BCUT2D eigenvalue weighted by molar-refractivity contribution is -0.143. The summed E-state index contributed by atoms with van der Waals surface area (Å²) in [6.45, 7) is 3.55. The van der Waals surface area contributed by atoms with Gasteiger partial charge in [0.2, 0.25) is 0 Å². The molecule has 1 aliphatic heterocycles. The Morgan fingerprint density at radius 1 is 0.972 bits per heavy atom. The van der Waals surface area contributed by atoms with Gasteiger partial charge < -0.3 is 14.4 Å². The van der Waals surface area contributed by atoms with Crippen molar-refractivity contribution in [1.29, 1.82) is 0 Å². The topological polar surface area (TPSA) is 81.1 Å². The van der Waals surface area contributed by atoms with Crippen molar-refractivity contribution in [2.24, 2.45) is 10.9 Å². The second-order valence-electron chi connectivity index (χ2n) is 8.79. The summed E-state index contributed by atoms with van der Waals surface area (Å²) in [7, 11) is 6.69. The Morgan fingerprint density at radius 3 is 2.31 bits per heavy atom. The highest BCUT2D eigenvalue weighted by Gasteiger charge is 2.43. The minimum Gasteiger partial charge on any atom is -0.468 e. The number of hydrogen-bond donors (Lipinski definition) is 0. The Labute approximate surface area is 215 Å². The molecule has 0 spiro atoms. The number of thiazole rings is 1. The Kier molecular flexibility index (Phi) is 7.35. The van der Waals surface area contributed by atoms with Crippen LogP contribution in [0.15, 0.2) is 70.2 Å². The molecule has 3 aromatic rings. The van der Waals surface area contributed by atoms with Crippen LogP contribution in [0.3, 0.4) is 0 Å². The fraction of sp³-hybridized carbons (Fsp3) is 0.286. The van der Waals surface area contributed by atoms with E-state index in [1.54, 1.807) is 13.8 Å². The van der Waals surface area contributed by atoms with Crippen molar-refractivity contribution < 1.29 is 19.1 Å². The number of rotatable bonds is 6. The molecule has 0 saturated heterocycles. The van der Waals surface area contributed by atoms with Gasteiger partial charge in [-0.1, -0.05) is 36.4 Å². The van der Waals surface area contributed by atoms with Crippen molar-refractivity contribution >= 4 is 34.7 Å². The normalized spacial score (nSPS) is 17.4. The van der Waals surface area contributed by atoms with Crippen LogP contribution in [0.2, 0.25) is 0 Å². The van der Waals surface area contributed by atoms with Gasteiger partial charge in [0, 0.05) is 53.6 Å². The highest BCUT2D eigenvalue weighted by atomic mass is 32.1. The van der Waals surface area contributed by atoms with Crippen molar-refractivity contribution in [1.82, 2.24) is 4.98 Å². The lowest BCUT2D eigenvalue weighted by atomic mass is 9.74. The smallest absolute Gasteiger partial charge is 0.336 e. The number of benzene rings is 2. The second kappa shape index (κ2) is 10.5. The van der Waals surface area contributed by atoms with Crippen molar-refractivity contribution in [3.05, 3.63) is 70.7 Å². The maximum absolute atomic E-state index is 12.9. The molecule has 2 aromatic carbocycles. The Bertz CT molecular complexity index is 1360. The molecular weight excluding hydrogens is 474 g/mol. The van der Waals surface area contributed by atoms with Gasteiger partial charge in [0.1, 0.15) is 10.9 Å². The van der Waals surface area contributed by atoms with Crippen molar-refractivity contribution in [3.8, 4) is 21.8 Å². The molecule has 8 heteroatoms. The number of esters is 2. The third-order valence-corrected chi connectivity index (χ3v) is 7.27. The number of ether oxygens (including phenoxy) is 2. The van der Waals surface area contributed by atoms with Crippen molar-refractivity contribution in [3.63, 3.8) is 0 Å². The van der Waals surface area contributed by atoms with Crippen LogP contribution in [0.25, 0.3) is 21.8 Å². The molecule has 0 fully saturated rings. The summed E-state index contributed by atoms with van der Waals surface area (Å²) in [5.74, 6) is -2.35. The monoisotopic (exact) mass is 503 g/mol. The highest BCUT2D eigenvalue weighted by Crippen LogP contribution is 2.44. The summed E-state index contributed by atoms with van der Waals surface area (Å²) in [6, 6.07) is 15.9. The SMILES string of the molecule is COC(=O)C1=C(C)N=C(C)C(C(=O)OC)C1c1ccccc1-c1nc(-c2ccc(N(C)C)cc2)cs1. The zero-order valence-corrected chi connectivity index (χ0v) is 22.1. The molecule has 0 radical (unpaired) electrons. The first-order chi connectivity index (χ1) is 17.3. The molecule has 2 atom stereocenters. The first-order valence-corrected chi connectivity index (χ1v) is 12.4. The maximum atomic E-state index is 12.9. The molecule has 4 rings (SSSR count). The van der Waals surface area contributed by atoms with E-state index in [1.807, 2.05) is 48.6 Å². The number of carbonyl (C=O) groups is 2. The number of methoxy groups -OCH3 is 2. The zero-order valence-electron chi connectivity index (χ0n) is 21.2. The van der Waals surface area contributed by atoms with Crippen LogP contribution < -0.4 is 4.90 Å². The van der Waals surface area contributed by atoms with Gasteiger partial charge in [-0.25, -0.2) is 9.78 Å². The average Bonchev–Trinajstić information content (AvgIpc) is 3.37. The van der Waals surface area contributed by atoms with Crippen LogP contribution >= 0.6 is 11.3 Å². The number of nitrogens with zero attached hydrogens (tertiary/aromatic N) is 3. The summed E-state index contributed by atoms with van der Waals surface area (Å²) in [4.78, 5) is 37.3. The van der Waals surface area contributed by atoms with E-state index in [-0.39, 0.29) is 0 Å². The summed E-state index contributed by atoms with van der Waals surface area (Å²) >= 11 is 1.52. The van der Waals surface area contributed by atoms with Crippen LogP contribution in [0.1, 0.15) is 25.3 Å². The average molecular weight is 504 g/mol. The van der Waals surface area contributed by atoms with Gasteiger partial charge in [-0.15, -0.1) is 11.3 Å². The lowest BCUT2D eigenvalue weighted by Crippen LogP contribution is -2.36. The van der Waals surface area contributed by atoms with Crippen molar-refractivity contribution in [2.75, 3.05) is 33.2 Å². The van der Waals surface area contributed by atoms with Gasteiger partial charge in [-0.3, -0.25) is 9.79 Å². The van der Waals surface area contributed by atoms with Gasteiger partial charge in [0.25, 0.3) is 0 Å². The minimum atomic E-state index is -0.757. The third kappa shape index (κ3) is 4.68. The number of aromatic nitrogens is 1. The molecule has 2 unspecified atom stereocenters. The molecule has 1 aromatic heterocycles. The fourth-order valence-electron chi connectivity index (χ4n) is 4.60. The standard InChI is InChI=1S/C28H29N3O4S/c1-16-23(27(32)34-5)25(24(17(2)29-16)28(33)35-6)20-9-7-8-10-21(20)26-30-22(15-36-26)18-11-13-19(14-12-18)31(3)4/h7-15,23,25H,1-6H3. The van der Waals surface area contributed by atoms with Crippen LogP contribution in [-0.4, -0.2) is 50.9 Å². The first-order valence-electron chi connectivity index (χ1n) is 11.5. The third-order valence-electron chi connectivity index (χ3n) is 6.40. The van der Waals surface area contributed by atoms with Crippen LogP contribution in [-0.2, 0) is 19.1 Å². The molecular formula is C28H29N3O4S. The summed E-state index contributed by atoms with van der Waals surface area (Å²) in [5, 5.41) is 2.81. The molecule has 186 valence electrons. The largest absolute Gasteiger partial charge is 0.468 e. The maximum Gasteiger partial charge on any atom is 0.336 e. The second-order valence-corrected chi connectivity index (χ2v) is 9.65. The molecule has 0 saturated carbocycles. The predicted molar refractivity (Wildman–Crippen MR) is 143 cm³/mol. The van der Waals surface area contributed by atoms with E-state index in [0.29, 0.717) is 17.0 Å². The minimum absolute atomic E-state index is 0.349. The molecule has 0 amide bonds. The molecule has 0 N–H and O–H groups in total. The number of hydrogen-bond acceptors (Lipinski definition) is 8. The lowest BCUT2D eigenvalue weighted by Gasteiger charge is -2.32. The van der Waals surface area contributed by atoms with Crippen molar-refractivity contribution in [2.45, 2.75) is 19.8 Å². The van der Waals surface area contributed by atoms with Gasteiger partial charge in [-0.2, -0.15) is 0 Å². The fourth-order valence-corrected chi connectivity index (χ4v) is 5.48. The Balaban J connectivity index is 1.83. The molecule has 1 aliphatic rings. The van der Waals surface area contributed by atoms with Gasteiger partial charge in [0.15, 0.2) is 0 Å². The highest BCUT2D eigenvalue weighted by molar-refractivity contribution is 7.13. The van der Waals surface area contributed by atoms with Crippen LogP contribution in [0.4, 0.5) is 5.69 Å². The van der Waals surface area contributed by atoms with Crippen LogP contribution in [0.5, 0.6) is 0 Å². The molecule has 2 heterocycles. The number of allylic oxidation sites excluding steroid dienone is 1. The van der Waals surface area contributed by atoms with E-state index in [2.05, 4.69) is 29.3 Å². The van der Waals surface area contributed by atoms with Gasteiger partial charge in [-0.05, 0) is 31.5 Å².